The van der Waals surface area contributed by atoms with E-state index in [9.17, 15) is 0 Å². The molecular weight excluding hydrogens is 180 g/mol. The Morgan fingerprint density at radius 2 is 2.21 bits per heavy atom. The first-order chi connectivity index (χ1) is 6.95. The molecule has 2 aromatic rings. The monoisotopic (exact) mass is 190 g/mol. The summed E-state index contributed by atoms with van der Waals surface area (Å²) in [6.45, 7) is 1.32. The van der Waals surface area contributed by atoms with E-state index in [2.05, 4.69) is 20.4 Å². The van der Waals surface area contributed by atoms with E-state index in [1.54, 1.807) is 24.8 Å². The van der Waals surface area contributed by atoms with Gasteiger partial charge in [-0.2, -0.15) is 0 Å². The van der Waals surface area contributed by atoms with E-state index in [4.69, 9.17) is 4.52 Å². The molecular formula is C9H10N4O. The van der Waals surface area contributed by atoms with Gasteiger partial charge in [-0.1, -0.05) is 5.16 Å². The highest BCUT2D eigenvalue weighted by atomic mass is 16.5. The molecule has 0 amide bonds. The van der Waals surface area contributed by atoms with Crippen molar-refractivity contribution in [3.05, 3.63) is 42.3 Å². The molecule has 0 aliphatic rings. The molecule has 14 heavy (non-hydrogen) atoms. The zero-order valence-electron chi connectivity index (χ0n) is 7.55. The van der Waals surface area contributed by atoms with E-state index in [0.29, 0.717) is 13.1 Å². The van der Waals surface area contributed by atoms with Crippen molar-refractivity contribution in [3.63, 3.8) is 0 Å². The Kier molecular flexibility index (Phi) is 2.82. The SMILES string of the molecule is c1cnc(CNCc2ccno2)cn1. The van der Waals surface area contributed by atoms with Crippen LogP contribution in [0.1, 0.15) is 11.5 Å². The summed E-state index contributed by atoms with van der Waals surface area (Å²) in [5.41, 5.74) is 0.909. The highest BCUT2D eigenvalue weighted by Gasteiger charge is 1.96. The molecule has 0 aliphatic carbocycles. The fourth-order valence-corrected chi connectivity index (χ4v) is 1.07. The van der Waals surface area contributed by atoms with Gasteiger partial charge in [-0.3, -0.25) is 9.97 Å². The lowest BCUT2D eigenvalue weighted by Gasteiger charge is -1.99. The van der Waals surface area contributed by atoms with E-state index in [0.717, 1.165) is 11.5 Å². The van der Waals surface area contributed by atoms with Crippen LogP contribution in [0, 0.1) is 0 Å². The Morgan fingerprint density at radius 1 is 1.21 bits per heavy atom. The maximum absolute atomic E-state index is 4.92. The fraction of sp³-hybridized carbons (Fsp3) is 0.222. The normalized spacial score (nSPS) is 10.3. The molecule has 0 aliphatic heterocycles. The maximum atomic E-state index is 4.92. The average Bonchev–Trinajstić information content (AvgIpc) is 2.72. The Bertz CT molecular complexity index is 360. The van der Waals surface area contributed by atoms with E-state index in [-0.39, 0.29) is 0 Å². The molecule has 2 aromatic heterocycles. The molecule has 72 valence electrons. The number of aromatic nitrogens is 3. The van der Waals surface area contributed by atoms with Crippen molar-refractivity contribution in [2.75, 3.05) is 0 Å². The molecule has 0 radical (unpaired) electrons. The molecule has 0 saturated carbocycles. The van der Waals surface area contributed by atoms with Crippen LogP contribution in [0.5, 0.6) is 0 Å². The van der Waals surface area contributed by atoms with Crippen LogP contribution in [0.4, 0.5) is 0 Å². The van der Waals surface area contributed by atoms with Crippen molar-refractivity contribution < 1.29 is 4.52 Å². The Labute approximate surface area is 81.2 Å². The van der Waals surface area contributed by atoms with E-state index < -0.39 is 0 Å². The summed E-state index contributed by atoms with van der Waals surface area (Å²) < 4.78 is 4.92. The van der Waals surface area contributed by atoms with Gasteiger partial charge in [0, 0.05) is 31.2 Å². The van der Waals surface area contributed by atoms with Crippen LogP contribution in [0.2, 0.25) is 0 Å². The molecule has 2 heterocycles. The second-order valence-electron chi connectivity index (χ2n) is 2.78. The first kappa shape index (κ1) is 8.83. The summed E-state index contributed by atoms with van der Waals surface area (Å²) in [5, 5.41) is 6.77. The summed E-state index contributed by atoms with van der Waals surface area (Å²) in [6.07, 6.45) is 6.68. The molecule has 0 fully saturated rings. The number of hydrogen-bond acceptors (Lipinski definition) is 5. The third-order valence-corrected chi connectivity index (χ3v) is 1.71. The minimum atomic E-state index is 0.649. The second-order valence-corrected chi connectivity index (χ2v) is 2.78. The first-order valence-electron chi connectivity index (χ1n) is 4.30. The number of rotatable bonds is 4. The summed E-state index contributed by atoms with van der Waals surface area (Å²) in [5.74, 6) is 0.814. The topological polar surface area (TPSA) is 63.8 Å². The van der Waals surface area contributed by atoms with Crippen LogP contribution in [-0.4, -0.2) is 15.1 Å². The fourth-order valence-electron chi connectivity index (χ4n) is 1.07. The van der Waals surface area contributed by atoms with E-state index in [1.807, 2.05) is 6.07 Å². The third-order valence-electron chi connectivity index (χ3n) is 1.71. The van der Waals surface area contributed by atoms with Gasteiger partial charge in [-0.05, 0) is 0 Å². The van der Waals surface area contributed by atoms with E-state index >= 15 is 0 Å². The average molecular weight is 190 g/mol. The van der Waals surface area contributed by atoms with Gasteiger partial charge in [-0.15, -0.1) is 0 Å². The van der Waals surface area contributed by atoms with Crippen LogP contribution in [-0.2, 0) is 13.1 Å². The van der Waals surface area contributed by atoms with Gasteiger partial charge in [0.15, 0.2) is 0 Å². The van der Waals surface area contributed by atoms with Crippen molar-refractivity contribution >= 4 is 0 Å². The predicted octanol–water partition coefficient (Wildman–Crippen LogP) is 0.754. The van der Waals surface area contributed by atoms with Crippen LogP contribution in [0.3, 0.4) is 0 Å². The Morgan fingerprint density at radius 3 is 2.93 bits per heavy atom. The molecule has 0 bridgehead atoms. The zero-order chi connectivity index (χ0) is 9.64. The van der Waals surface area contributed by atoms with E-state index in [1.165, 1.54) is 0 Å². The Hall–Kier alpha value is -1.75. The summed E-state index contributed by atoms with van der Waals surface area (Å²) in [4.78, 5) is 8.09. The number of hydrogen-bond donors (Lipinski definition) is 1. The highest BCUT2D eigenvalue weighted by molar-refractivity contribution is 4.96. The summed E-state index contributed by atoms with van der Waals surface area (Å²) in [6, 6.07) is 1.82. The molecule has 0 spiro atoms. The lowest BCUT2D eigenvalue weighted by Crippen LogP contribution is -2.13. The largest absolute Gasteiger partial charge is 0.360 e. The van der Waals surface area contributed by atoms with Crippen LogP contribution >= 0.6 is 0 Å². The van der Waals surface area contributed by atoms with Crippen molar-refractivity contribution in [1.29, 1.82) is 0 Å². The van der Waals surface area contributed by atoms with Crippen molar-refractivity contribution in [2.45, 2.75) is 13.1 Å². The van der Waals surface area contributed by atoms with Gasteiger partial charge < -0.3 is 9.84 Å². The van der Waals surface area contributed by atoms with Gasteiger partial charge in [0.2, 0.25) is 0 Å². The number of nitrogens with one attached hydrogen (secondary N) is 1. The van der Waals surface area contributed by atoms with Gasteiger partial charge in [0.05, 0.1) is 18.4 Å². The van der Waals surface area contributed by atoms with Crippen LogP contribution < -0.4 is 5.32 Å². The van der Waals surface area contributed by atoms with Crippen molar-refractivity contribution in [3.8, 4) is 0 Å². The second kappa shape index (κ2) is 4.48. The molecule has 5 nitrogen and oxygen atoms in total. The van der Waals surface area contributed by atoms with Gasteiger partial charge in [-0.25, -0.2) is 0 Å². The first-order valence-corrected chi connectivity index (χ1v) is 4.30. The molecule has 0 unspecified atom stereocenters. The highest BCUT2D eigenvalue weighted by Crippen LogP contribution is 1.96. The van der Waals surface area contributed by atoms with Crippen molar-refractivity contribution in [1.82, 2.24) is 20.4 Å². The quantitative estimate of drug-likeness (QED) is 0.770. The third kappa shape index (κ3) is 2.37. The predicted molar refractivity (Wildman–Crippen MR) is 49.1 cm³/mol. The van der Waals surface area contributed by atoms with Crippen molar-refractivity contribution in [2.24, 2.45) is 0 Å². The van der Waals surface area contributed by atoms with Crippen LogP contribution in [0.25, 0.3) is 0 Å². The van der Waals surface area contributed by atoms with Gasteiger partial charge in [0.25, 0.3) is 0 Å². The number of nitrogens with zero attached hydrogens (tertiary/aromatic N) is 3. The minimum Gasteiger partial charge on any atom is -0.360 e. The Balaban J connectivity index is 1.79. The molecule has 0 saturated heterocycles. The molecule has 0 atom stereocenters. The molecule has 5 heteroatoms. The lowest BCUT2D eigenvalue weighted by molar-refractivity contribution is 0.372. The molecule has 2 rings (SSSR count). The summed E-state index contributed by atoms with van der Waals surface area (Å²) >= 11 is 0. The standard InChI is InChI=1S/C9H10N4O/c1-2-13-14-9(1)7-11-6-8-5-10-3-4-12-8/h1-5,11H,6-7H2. The molecule has 1 N–H and O–H groups in total. The zero-order valence-corrected chi connectivity index (χ0v) is 7.55. The minimum absolute atomic E-state index is 0.649. The maximum Gasteiger partial charge on any atom is 0.150 e. The van der Waals surface area contributed by atoms with Gasteiger partial charge in [0.1, 0.15) is 5.76 Å². The smallest absolute Gasteiger partial charge is 0.150 e. The molecule has 0 aromatic carbocycles. The van der Waals surface area contributed by atoms with Crippen LogP contribution in [0.15, 0.2) is 35.4 Å². The lowest BCUT2D eigenvalue weighted by atomic mass is 10.4. The summed E-state index contributed by atoms with van der Waals surface area (Å²) in [7, 11) is 0. The van der Waals surface area contributed by atoms with Gasteiger partial charge >= 0.3 is 0 Å².